The Morgan fingerprint density at radius 3 is 2.47 bits per heavy atom. The Kier molecular flexibility index (Phi) is 7.17. The van der Waals surface area contributed by atoms with Gasteiger partial charge in [0.2, 0.25) is 5.91 Å². The first-order chi connectivity index (χ1) is 13.8. The van der Waals surface area contributed by atoms with Crippen LogP contribution in [0.3, 0.4) is 0 Å². The number of alkyl halides is 3. The van der Waals surface area contributed by atoms with Gasteiger partial charge in [0.25, 0.3) is 5.69 Å². The van der Waals surface area contributed by atoms with Crippen molar-refractivity contribution in [3.63, 3.8) is 0 Å². The van der Waals surface area contributed by atoms with E-state index in [-0.39, 0.29) is 0 Å². The summed E-state index contributed by atoms with van der Waals surface area (Å²) in [4.78, 5) is 26.9. The van der Waals surface area contributed by atoms with E-state index in [9.17, 15) is 28.1 Å². The number of halogens is 3. The number of nitro groups is 1. The van der Waals surface area contributed by atoms with Crippen molar-refractivity contribution in [1.29, 1.82) is 0 Å². The second-order valence-corrected chi connectivity index (χ2v) is 8.61. The van der Waals surface area contributed by atoms with Gasteiger partial charge in [-0.05, 0) is 32.8 Å². The van der Waals surface area contributed by atoms with E-state index in [1.807, 2.05) is 32.3 Å². The first-order valence-electron chi connectivity index (χ1n) is 9.18. The van der Waals surface area contributed by atoms with Crippen molar-refractivity contribution in [2.45, 2.75) is 57.7 Å². The zero-order chi connectivity index (χ0) is 22.8. The zero-order valence-corrected chi connectivity index (χ0v) is 18.0. The number of hydrogen-bond donors (Lipinski definition) is 1. The zero-order valence-electron chi connectivity index (χ0n) is 17.2. The summed E-state index contributed by atoms with van der Waals surface area (Å²) in [5, 5.41) is 12.9. The minimum Gasteiger partial charge on any atom is -0.325 e. The molecule has 1 aromatic carbocycles. The highest BCUT2D eigenvalue weighted by molar-refractivity contribution is 8.00. The molecular formula is C19H23F3N4O3S. The van der Waals surface area contributed by atoms with Gasteiger partial charge in [-0.15, -0.1) is 0 Å². The fourth-order valence-corrected chi connectivity index (χ4v) is 3.74. The van der Waals surface area contributed by atoms with Crippen LogP contribution >= 0.6 is 11.8 Å². The summed E-state index contributed by atoms with van der Waals surface area (Å²) < 4.78 is 41.9. The van der Waals surface area contributed by atoms with Crippen molar-refractivity contribution in [2.75, 3.05) is 5.32 Å². The molecule has 1 unspecified atom stereocenters. The second kappa shape index (κ2) is 9.07. The number of nitrogens with zero attached hydrogens (tertiary/aromatic N) is 3. The number of thioether (sulfide) groups is 1. The average molecular weight is 444 g/mol. The highest BCUT2D eigenvalue weighted by Gasteiger charge is 2.36. The third kappa shape index (κ3) is 5.53. The van der Waals surface area contributed by atoms with Crippen molar-refractivity contribution >= 4 is 29.0 Å². The lowest BCUT2D eigenvalue weighted by Gasteiger charge is -2.17. The number of amides is 1. The molecule has 11 heteroatoms. The van der Waals surface area contributed by atoms with Crippen molar-refractivity contribution in [1.82, 2.24) is 9.55 Å². The molecule has 1 amide bonds. The van der Waals surface area contributed by atoms with Crippen LogP contribution in [-0.4, -0.2) is 25.6 Å². The molecule has 0 saturated carbocycles. The van der Waals surface area contributed by atoms with Crippen molar-refractivity contribution < 1.29 is 22.9 Å². The molecule has 0 radical (unpaired) electrons. The third-order valence-electron chi connectivity index (χ3n) is 4.40. The van der Waals surface area contributed by atoms with Gasteiger partial charge in [-0.25, -0.2) is 4.98 Å². The van der Waals surface area contributed by atoms with Gasteiger partial charge in [0.1, 0.15) is 0 Å². The Hall–Kier alpha value is -2.56. The summed E-state index contributed by atoms with van der Waals surface area (Å²) >= 11 is 1.15. The Morgan fingerprint density at radius 1 is 1.30 bits per heavy atom. The molecule has 1 N–H and O–H groups in total. The normalized spacial score (nSPS) is 12.8. The lowest BCUT2D eigenvalue weighted by atomic mass is 10.1. The largest absolute Gasteiger partial charge is 0.418 e. The van der Waals surface area contributed by atoms with Crippen LogP contribution in [0.15, 0.2) is 23.4 Å². The first kappa shape index (κ1) is 23.7. The molecule has 0 spiro atoms. The van der Waals surface area contributed by atoms with Crippen LogP contribution in [0.2, 0.25) is 0 Å². The van der Waals surface area contributed by atoms with Gasteiger partial charge in [0.05, 0.1) is 27.1 Å². The lowest BCUT2D eigenvalue weighted by Crippen LogP contribution is -2.25. The van der Waals surface area contributed by atoms with Crippen LogP contribution in [0.25, 0.3) is 0 Å². The molecule has 0 aliphatic carbocycles. The number of nitrogens with one attached hydrogen (secondary N) is 1. The van der Waals surface area contributed by atoms with E-state index >= 15 is 0 Å². The van der Waals surface area contributed by atoms with Crippen molar-refractivity contribution in [3.05, 3.63) is 45.3 Å². The molecule has 1 heterocycles. The minimum absolute atomic E-state index is 0.343. The van der Waals surface area contributed by atoms with Gasteiger partial charge in [-0.3, -0.25) is 14.9 Å². The Morgan fingerprint density at radius 2 is 1.93 bits per heavy atom. The van der Waals surface area contributed by atoms with Crippen LogP contribution in [0.5, 0.6) is 0 Å². The Balaban J connectivity index is 2.25. The maximum atomic E-state index is 13.3. The number of aryl methyl sites for hydroxylation is 1. The summed E-state index contributed by atoms with van der Waals surface area (Å²) in [5.41, 5.74) is -0.711. The maximum Gasteiger partial charge on any atom is 0.418 e. The molecule has 0 aliphatic heterocycles. The molecule has 0 aliphatic rings. The summed E-state index contributed by atoms with van der Waals surface area (Å²) in [6, 6.07) is 2.23. The number of nitro benzene ring substituents is 1. The van der Waals surface area contributed by atoms with E-state index in [4.69, 9.17) is 0 Å². The van der Waals surface area contributed by atoms with Gasteiger partial charge < -0.3 is 9.88 Å². The Bertz CT molecular complexity index is 957. The molecule has 164 valence electrons. The molecule has 1 aromatic heterocycles. The predicted molar refractivity (Wildman–Crippen MR) is 109 cm³/mol. The topological polar surface area (TPSA) is 90.1 Å². The van der Waals surface area contributed by atoms with E-state index in [0.29, 0.717) is 23.7 Å². The molecule has 7 nitrogen and oxygen atoms in total. The molecule has 0 saturated heterocycles. The van der Waals surface area contributed by atoms with Crippen LogP contribution in [0, 0.1) is 29.9 Å². The number of benzene rings is 1. The number of hydrogen-bond acceptors (Lipinski definition) is 5. The highest BCUT2D eigenvalue weighted by atomic mass is 32.2. The second-order valence-electron chi connectivity index (χ2n) is 7.30. The van der Waals surface area contributed by atoms with E-state index in [2.05, 4.69) is 10.3 Å². The quantitative estimate of drug-likeness (QED) is 0.360. The van der Waals surface area contributed by atoms with E-state index in [1.54, 1.807) is 6.92 Å². The number of anilines is 1. The van der Waals surface area contributed by atoms with Crippen LogP contribution in [0.4, 0.5) is 24.5 Å². The Labute approximate surface area is 176 Å². The summed E-state index contributed by atoms with van der Waals surface area (Å²) in [6.45, 7) is 10.1. The number of carbonyl (C=O) groups is 1. The fraction of sp³-hybridized carbons (Fsp3) is 0.474. The number of rotatable bonds is 7. The number of carbonyl (C=O) groups excluding carboxylic acids is 1. The van der Waals surface area contributed by atoms with Crippen molar-refractivity contribution in [2.24, 2.45) is 5.92 Å². The number of aromatic nitrogens is 2. The van der Waals surface area contributed by atoms with E-state index < -0.39 is 39.2 Å². The molecule has 0 fully saturated rings. The van der Waals surface area contributed by atoms with Crippen molar-refractivity contribution in [3.8, 4) is 0 Å². The number of imidazole rings is 1. The van der Waals surface area contributed by atoms with Crippen LogP contribution < -0.4 is 5.32 Å². The van der Waals surface area contributed by atoms with Gasteiger partial charge in [0, 0.05) is 24.4 Å². The standard InChI is InChI=1S/C19H23F3N4O3S/c1-10(2)9-25-12(4)11(3)23-18(25)30-13(5)17(27)24-16-7-6-14(26(28)29)8-15(16)19(20,21)22/h6-8,10,13H,9H2,1-5H3,(H,24,27). The third-order valence-corrected chi connectivity index (χ3v) is 5.49. The minimum atomic E-state index is -4.85. The van der Waals surface area contributed by atoms with E-state index in [0.717, 1.165) is 35.3 Å². The average Bonchev–Trinajstić information content (AvgIpc) is 2.87. The van der Waals surface area contributed by atoms with Gasteiger partial charge in [0.15, 0.2) is 5.16 Å². The summed E-state index contributed by atoms with van der Waals surface area (Å²) in [7, 11) is 0. The van der Waals surface area contributed by atoms with Gasteiger partial charge >= 0.3 is 6.18 Å². The van der Waals surface area contributed by atoms with Gasteiger partial charge in [-0.2, -0.15) is 13.2 Å². The molecule has 2 aromatic rings. The molecule has 0 bridgehead atoms. The molecule has 30 heavy (non-hydrogen) atoms. The monoisotopic (exact) mass is 444 g/mol. The van der Waals surface area contributed by atoms with Crippen LogP contribution in [0.1, 0.15) is 37.7 Å². The summed E-state index contributed by atoms with van der Waals surface area (Å²) in [5.74, 6) is -0.316. The fourth-order valence-electron chi connectivity index (χ4n) is 2.73. The summed E-state index contributed by atoms with van der Waals surface area (Å²) in [6.07, 6.45) is -4.85. The maximum absolute atomic E-state index is 13.3. The number of non-ortho nitro benzene ring substituents is 1. The van der Waals surface area contributed by atoms with Crippen LogP contribution in [-0.2, 0) is 17.5 Å². The lowest BCUT2D eigenvalue weighted by molar-refractivity contribution is -0.385. The highest BCUT2D eigenvalue weighted by Crippen LogP contribution is 2.37. The first-order valence-corrected chi connectivity index (χ1v) is 10.1. The molecule has 2 rings (SSSR count). The van der Waals surface area contributed by atoms with Gasteiger partial charge in [-0.1, -0.05) is 25.6 Å². The smallest absolute Gasteiger partial charge is 0.325 e. The molecular weight excluding hydrogens is 421 g/mol. The SMILES string of the molecule is Cc1nc(SC(C)C(=O)Nc2ccc([N+](=O)[O-])cc2C(F)(F)F)n(CC(C)C)c1C. The predicted octanol–water partition coefficient (Wildman–Crippen LogP) is 5.20. The van der Waals surface area contributed by atoms with E-state index in [1.165, 1.54) is 0 Å². The molecule has 1 atom stereocenters.